The van der Waals surface area contributed by atoms with Crippen molar-refractivity contribution in [3.05, 3.63) is 17.3 Å². The molecule has 0 spiro atoms. The minimum Gasteiger partial charge on any atom is -0.491 e. The zero-order chi connectivity index (χ0) is 14.6. The SMILES string of the molecule is COc1c(CC#N)cc(C(F)F)nc1OC(F)(F)F. The molecule has 1 aromatic rings. The summed E-state index contributed by atoms with van der Waals surface area (Å²) in [5, 5.41) is 8.52. The predicted octanol–water partition coefficient (Wildman–Crippen LogP) is 2.99. The summed E-state index contributed by atoms with van der Waals surface area (Å²) in [5.74, 6) is -1.64. The number of alkyl halides is 5. The molecule has 1 aromatic heterocycles. The quantitative estimate of drug-likeness (QED) is 0.797. The van der Waals surface area contributed by atoms with E-state index in [0.29, 0.717) is 0 Å². The Morgan fingerprint density at radius 2 is 2.05 bits per heavy atom. The maximum absolute atomic E-state index is 12.5. The fourth-order valence-corrected chi connectivity index (χ4v) is 1.31. The highest BCUT2D eigenvalue weighted by Crippen LogP contribution is 2.36. The number of nitrogens with zero attached hydrogens (tertiary/aromatic N) is 2. The van der Waals surface area contributed by atoms with E-state index in [1.807, 2.05) is 0 Å². The number of hydrogen-bond donors (Lipinski definition) is 0. The van der Waals surface area contributed by atoms with Gasteiger partial charge in [0.25, 0.3) is 12.3 Å². The van der Waals surface area contributed by atoms with Crippen LogP contribution in [0.5, 0.6) is 11.6 Å². The molecule has 0 radical (unpaired) electrons. The second-order valence-corrected chi connectivity index (χ2v) is 3.23. The first kappa shape index (κ1) is 14.9. The van der Waals surface area contributed by atoms with Gasteiger partial charge >= 0.3 is 6.36 Å². The molecule has 104 valence electrons. The molecule has 0 unspecified atom stereocenters. The summed E-state index contributed by atoms with van der Waals surface area (Å²) in [6.45, 7) is 0. The molecular weight excluding hydrogens is 275 g/mol. The Morgan fingerprint density at radius 1 is 1.42 bits per heavy atom. The van der Waals surface area contributed by atoms with Crippen molar-refractivity contribution in [2.75, 3.05) is 7.11 Å². The van der Waals surface area contributed by atoms with Crippen LogP contribution in [0.25, 0.3) is 0 Å². The molecule has 0 aromatic carbocycles. The number of methoxy groups -OCH3 is 1. The van der Waals surface area contributed by atoms with Gasteiger partial charge in [0, 0.05) is 5.56 Å². The molecule has 9 heteroatoms. The zero-order valence-corrected chi connectivity index (χ0v) is 9.46. The average Bonchev–Trinajstić information content (AvgIpc) is 2.26. The molecule has 0 atom stereocenters. The van der Waals surface area contributed by atoms with E-state index in [-0.39, 0.29) is 5.56 Å². The molecule has 0 N–H and O–H groups in total. The highest BCUT2D eigenvalue weighted by Gasteiger charge is 2.34. The Labute approximate surface area is 104 Å². The number of ether oxygens (including phenoxy) is 2. The number of hydrogen-bond acceptors (Lipinski definition) is 4. The fourth-order valence-electron chi connectivity index (χ4n) is 1.31. The molecule has 0 amide bonds. The second-order valence-electron chi connectivity index (χ2n) is 3.23. The van der Waals surface area contributed by atoms with E-state index in [1.54, 1.807) is 6.07 Å². The second kappa shape index (κ2) is 5.69. The number of halogens is 5. The molecule has 0 aliphatic rings. The molecular formula is C10H7F5N2O2. The highest BCUT2D eigenvalue weighted by atomic mass is 19.4. The van der Waals surface area contributed by atoms with E-state index >= 15 is 0 Å². The Morgan fingerprint density at radius 3 is 2.47 bits per heavy atom. The van der Waals surface area contributed by atoms with Crippen LogP contribution in [0.15, 0.2) is 6.07 Å². The number of aromatic nitrogens is 1. The lowest BCUT2D eigenvalue weighted by Gasteiger charge is -2.15. The van der Waals surface area contributed by atoms with Gasteiger partial charge in [0.05, 0.1) is 19.6 Å². The molecule has 0 saturated heterocycles. The van der Waals surface area contributed by atoms with E-state index in [0.717, 1.165) is 13.2 Å². The van der Waals surface area contributed by atoms with E-state index in [1.165, 1.54) is 0 Å². The van der Waals surface area contributed by atoms with Crippen molar-refractivity contribution in [1.82, 2.24) is 4.98 Å². The van der Waals surface area contributed by atoms with Gasteiger partial charge in [-0.05, 0) is 6.07 Å². The number of nitriles is 1. The van der Waals surface area contributed by atoms with Crippen LogP contribution >= 0.6 is 0 Å². The van der Waals surface area contributed by atoms with E-state index in [4.69, 9.17) is 5.26 Å². The Balaban J connectivity index is 3.36. The van der Waals surface area contributed by atoms with Gasteiger partial charge in [-0.1, -0.05) is 0 Å². The third-order valence-corrected chi connectivity index (χ3v) is 1.95. The van der Waals surface area contributed by atoms with Crippen LogP contribution in [0.4, 0.5) is 22.0 Å². The average molecular weight is 282 g/mol. The lowest BCUT2D eigenvalue weighted by Crippen LogP contribution is -2.19. The summed E-state index contributed by atoms with van der Waals surface area (Å²) in [5.41, 5.74) is -1.08. The zero-order valence-electron chi connectivity index (χ0n) is 9.46. The Bertz CT molecular complexity index is 496. The molecule has 4 nitrogen and oxygen atoms in total. The molecule has 0 saturated carbocycles. The standard InChI is InChI=1S/C10H7F5N2O2/c1-18-7-5(2-3-16)4-6(8(11)12)17-9(7)19-10(13,14)15/h4,8H,2H2,1H3. The largest absolute Gasteiger partial charge is 0.574 e. The highest BCUT2D eigenvalue weighted by molar-refractivity contribution is 5.45. The summed E-state index contributed by atoms with van der Waals surface area (Å²) in [6.07, 6.45) is -8.62. The van der Waals surface area contributed by atoms with Crippen molar-refractivity contribution in [3.8, 4) is 17.7 Å². The third-order valence-electron chi connectivity index (χ3n) is 1.95. The van der Waals surface area contributed by atoms with Crippen LogP contribution in [0, 0.1) is 11.3 Å². The molecule has 1 rings (SSSR count). The molecule has 0 fully saturated rings. The summed E-state index contributed by atoms with van der Waals surface area (Å²) in [6, 6.07) is 2.43. The first-order valence-electron chi connectivity index (χ1n) is 4.77. The topological polar surface area (TPSA) is 55.1 Å². The Kier molecular flexibility index (Phi) is 4.47. The van der Waals surface area contributed by atoms with Crippen molar-refractivity contribution >= 4 is 0 Å². The van der Waals surface area contributed by atoms with Crippen molar-refractivity contribution in [3.63, 3.8) is 0 Å². The van der Waals surface area contributed by atoms with Crippen LogP contribution in [-0.4, -0.2) is 18.5 Å². The van der Waals surface area contributed by atoms with Crippen molar-refractivity contribution in [2.24, 2.45) is 0 Å². The number of pyridine rings is 1. The minimum absolute atomic E-state index is 0.158. The molecule has 19 heavy (non-hydrogen) atoms. The van der Waals surface area contributed by atoms with E-state index in [9.17, 15) is 22.0 Å². The van der Waals surface area contributed by atoms with Crippen LogP contribution in [-0.2, 0) is 6.42 Å². The van der Waals surface area contributed by atoms with Gasteiger partial charge in [0.1, 0.15) is 5.69 Å². The molecule has 0 bridgehead atoms. The molecule has 0 aliphatic heterocycles. The maximum Gasteiger partial charge on any atom is 0.574 e. The lowest BCUT2D eigenvalue weighted by molar-refractivity contribution is -0.276. The van der Waals surface area contributed by atoms with Gasteiger partial charge in [-0.25, -0.2) is 13.8 Å². The van der Waals surface area contributed by atoms with Crippen LogP contribution in [0.2, 0.25) is 0 Å². The van der Waals surface area contributed by atoms with Gasteiger partial charge in [-0.3, -0.25) is 0 Å². The Hall–Kier alpha value is -2.11. The molecule has 0 aliphatic carbocycles. The smallest absolute Gasteiger partial charge is 0.491 e. The predicted molar refractivity (Wildman–Crippen MR) is 51.7 cm³/mol. The van der Waals surface area contributed by atoms with Crippen LogP contribution in [0.1, 0.15) is 17.7 Å². The first-order valence-corrected chi connectivity index (χ1v) is 4.77. The normalized spacial score (nSPS) is 11.3. The summed E-state index contributed by atoms with van der Waals surface area (Å²) >= 11 is 0. The van der Waals surface area contributed by atoms with Crippen LogP contribution < -0.4 is 9.47 Å². The number of rotatable bonds is 4. The lowest BCUT2D eigenvalue weighted by atomic mass is 10.1. The van der Waals surface area contributed by atoms with E-state index in [2.05, 4.69) is 14.5 Å². The van der Waals surface area contributed by atoms with Gasteiger partial charge in [0.15, 0.2) is 5.75 Å². The van der Waals surface area contributed by atoms with E-state index < -0.39 is 36.5 Å². The van der Waals surface area contributed by atoms with Gasteiger partial charge in [-0.15, -0.1) is 13.2 Å². The summed E-state index contributed by atoms with van der Waals surface area (Å²) < 4.78 is 69.6. The fraction of sp³-hybridized carbons (Fsp3) is 0.400. The van der Waals surface area contributed by atoms with Crippen molar-refractivity contribution < 1.29 is 31.4 Å². The summed E-state index contributed by atoms with van der Waals surface area (Å²) in [7, 11) is 1.02. The summed E-state index contributed by atoms with van der Waals surface area (Å²) in [4.78, 5) is 3.04. The monoisotopic (exact) mass is 282 g/mol. The minimum atomic E-state index is -5.11. The third kappa shape index (κ3) is 3.94. The maximum atomic E-state index is 12.5. The van der Waals surface area contributed by atoms with Crippen LogP contribution in [0.3, 0.4) is 0 Å². The first-order chi connectivity index (χ1) is 8.78. The van der Waals surface area contributed by atoms with Gasteiger partial charge in [-0.2, -0.15) is 5.26 Å². The van der Waals surface area contributed by atoms with Crippen molar-refractivity contribution in [2.45, 2.75) is 19.2 Å². The molecule has 1 heterocycles. The van der Waals surface area contributed by atoms with Gasteiger partial charge in [0.2, 0.25) is 0 Å². The van der Waals surface area contributed by atoms with Crippen molar-refractivity contribution in [1.29, 1.82) is 5.26 Å². The van der Waals surface area contributed by atoms with Gasteiger partial charge < -0.3 is 9.47 Å².